The van der Waals surface area contributed by atoms with Gasteiger partial charge in [-0.15, -0.1) is 0 Å². The Balaban J connectivity index is 1.31. The van der Waals surface area contributed by atoms with Gasteiger partial charge < -0.3 is 33.7 Å². The SMILES string of the molecule is COCCOC1CCN(c2ccc(-c3cc(=O)c(C(=O)O)cn3-c3ccc4nc(N5CCOCC5)sc4c3)cc2)C1. The Morgan fingerprint density at radius 3 is 2.59 bits per heavy atom. The Labute approximate surface area is 241 Å². The molecule has 1 unspecified atom stereocenters. The molecule has 4 heterocycles. The van der Waals surface area contributed by atoms with Crippen LogP contribution in [0.1, 0.15) is 16.8 Å². The first-order chi connectivity index (χ1) is 20.0. The summed E-state index contributed by atoms with van der Waals surface area (Å²) in [6.07, 6.45) is 2.54. The summed E-state index contributed by atoms with van der Waals surface area (Å²) >= 11 is 1.60. The Morgan fingerprint density at radius 1 is 1.05 bits per heavy atom. The molecular weight excluding hydrogens is 544 g/mol. The third-order valence-electron chi connectivity index (χ3n) is 7.52. The molecule has 0 amide bonds. The Bertz CT molecular complexity index is 1600. The molecule has 2 aromatic carbocycles. The largest absolute Gasteiger partial charge is 0.477 e. The van der Waals surface area contributed by atoms with Crippen LogP contribution in [-0.4, -0.2) is 86.4 Å². The van der Waals surface area contributed by atoms with Crippen molar-refractivity contribution in [2.45, 2.75) is 12.5 Å². The van der Waals surface area contributed by atoms with Crippen LogP contribution in [0.15, 0.2) is 59.5 Å². The molecule has 0 saturated carbocycles. The molecule has 0 bridgehead atoms. The number of anilines is 2. The molecule has 41 heavy (non-hydrogen) atoms. The Hall–Kier alpha value is -3.77. The van der Waals surface area contributed by atoms with Gasteiger partial charge in [-0.05, 0) is 42.3 Å². The molecule has 2 aliphatic rings. The second-order valence-electron chi connectivity index (χ2n) is 10.1. The number of thiazole rings is 1. The van der Waals surface area contributed by atoms with Crippen molar-refractivity contribution in [1.82, 2.24) is 9.55 Å². The number of carbonyl (C=O) groups is 1. The lowest BCUT2D eigenvalue weighted by Gasteiger charge is -2.25. The number of aromatic carboxylic acids is 1. The second kappa shape index (κ2) is 12.0. The predicted molar refractivity (Wildman–Crippen MR) is 159 cm³/mol. The minimum Gasteiger partial charge on any atom is -0.477 e. The van der Waals surface area contributed by atoms with E-state index in [0.29, 0.717) is 32.1 Å². The van der Waals surface area contributed by atoms with Crippen molar-refractivity contribution in [2.75, 3.05) is 69.5 Å². The van der Waals surface area contributed by atoms with Crippen LogP contribution >= 0.6 is 11.3 Å². The van der Waals surface area contributed by atoms with E-state index in [0.717, 1.165) is 64.9 Å². The number of hydrogen-bond acceptors (Lipinski definition) is 9. The molecule has 2 aromatic heterocycles. The average Bonchev–Trinajstić information content (AvgIpc) is 3.65. The van der Waals surface area contributed by atoms with E-state index in [1.807, 2.05) is 42.5 Å². The number of benzene rings is 2. The van der Waals surface area contributed by atoms with Crippen LogP contribution < -0.4 is 15.2 Å². The lowest BCUT2D eigenvalue weighted by Crippen LogP contribution is -2.36. The van der Waals surface area contributed by atoms with Crippen LogP contribution in [0.25, 0.3) is 27.2 Å². The lowest BCUT2D eigenvalue weighted by molar-refractivity contribution is 0.0280. The third kappa shape index (κ3) is 5.84. The molecule has 11 heteroatoms. The smallest absolute Gasteiger partial charge is 0.341 e. The van der Waals surface area contributed by atoms with E-state index in [1.165, 1.54) is 12.3 Å². The number of nitrogens with zero attached hydrogens (tertiary/aromatic N) is 4. The van der Waals surface area contributed by atoms with Gasteiger partial charge in [0, 0.05) is 56.9 Å². The highest BCUT2D eigenvalue weighted by Gasteiger charge is 2.24. The standard InChI is InChI=1S/C30H32N4O6S/c1-38-14-15-40-23-8-9-33(18-23)21-4-2-20(3-5-21)26-17-27(35)24(29(36)37)19-34(26)22-6-7-25-28(16-22)41-30(31-25)32-10-12-39-13-11-32/h2-7,16-17,19,23H,8-15,18H2,1H3,(H,36,37). The summed E-state index contributed by atoms with van der Waals surface area (Å²) in [7, 11) is 1.67. The summed E-state index contributed by atoms with van der Waals surface area (Å²) in [5.74, 6) is -1.25. The monoisotopic (exact) mass is 576 g/mol. The summed E-state index contributed by atoms with van der Waals surface area (Å²) in [5.41, 5.74) is 3.33. The summed E-state index contributed by atoms with van der Waals surface area (Å²) in [5, 5.41) is 10.6. The van der Waals surface area contributed by atoms with Gasteiger partial charge in [0.05, 0.1) is 48.4 Å². The van der Waals surface area contributed by atoms with E-state index < -0.39 is 11.4 Å². The summed E-state index contributed by atoms with van der Waals surface area (Å²) in [4.78, 5) is 34.0. The number of carboxylic acid groups (broad SMARTS) is 1. The van der Waals surface area contributed by atoms with Gasteiger partial charge in [0.1, 0.15) is 5.56 Å². The summed E-state index contributed by atoms with van der Waals surface area (Å²) in [6.45, 7) is 5.83. The van der Waals surface area contributed by atoms with Gasteiger partial charge in [0.15, 0.2) is 10.6 Å². The Morgan fingerprint density at radius 2 is 1.83 bits per heavy atom. The van der Waals surface area contributed by atoms with Crippen LogP contribution in [0.2, 0.25) is 0 Å². The molecule has 1 atom stereocenters. The number of rotatable bonds is 9. The highest BCUT2D eigenvalue weighted by atomic mass is 32.1. The maximum Gasteiger partial charge on any atom is 0.341 e. The topological polar surface area (TPSA) is 106 Å². The molecule has 0 spiro atoms. The van der Waals surface area contributed by atoms with Crippen molar-refractivity contribution in [3.05, 3.63) is 70.5 Å². The van der Waals surface area contributed by atoms with Crippen molar-refractivity contribution in [1.29, 1.82) is 0 Å². The predicted octanol–water partition coefficient (Wildman–Crippen LogP) is 3.89. The van der Waals surface area contributed by atoms with Gasteiger partial charge in [-0.2, -0.15) is 0 Å². The normalized spacial score (nSPS) is 17.4. The van der Waals surface area contributed by atoms with E-state index >= 15 is 0 Å². The fourth-order valence-electron chi connectivity index (χ4n) is 5.31. The van der Waals surface area contributed by atoms with E-state index in [-0.39, 0.29) is 11.7 Å². The number of aromatic nitrogens is 2. The fourth-order valence-corrected chi connectivity index (χ4v) is 6.36. The second-order valence-corrected chi connectivity index (χ2v) is 11.1. The van der Waals surface area contributed by atoms with E-state index in [9.17, 15) is 14.7 Å². The van der Waals surface area contributed by atoms with Gasteiger partial charge in [-0.25, -0.2) is 9.78 Å². The van der Waals surface area contributed by atoms with E-state index in [1.54, 1.807) is 23.0 Å². The minimum absolute atomic E-state index is 0.170. The van der Waals surface area contributed by atoms with Crippen molar-refractivity contribution >= 4 is 38.3 Å². The Kier molecular flexibility index (Phi) is 8.02. The number of carboxylic acids is 1. The maximum atomic E-state index is 12.8. The van der Waals surface area contributed by atoms with Crippen molar-refractivity contribution in [3.63, 3.8) is 0 Å². The zero-order valence-electron chi connectivity index (χ0n) is 22.8. The van der Waals surface area contributed by atoms with Gasteiger partial charge in [-0.3, -0.25) is 4.79 Å². The molecule has 0 aliphatic carbocycles. The molecule has 214 valence electrons. The zero-order chi connectivity index (χ0) is 28.3. The van der Waals surface area contributed by atoms with Crippen LogP contribution in [-0.2, 0) is 14.2 Å². The first-order valence-electron chi connectivity index (χ1n) is 13.7. The van der Waals surface area contributed by atoms with Gasteiger partial charge in [0.25, 0.3) is 0 Å². The maximum absolute atomic E-state index is 12.8. The van der Waals surface area contributed by atoms with E-state index in [2.05, 4.69) is 9.80 Å². The molecule has 2 aliphatic heterocycles. The third-order valence-corrected chi connectivity index (χ3v) is 8.60. The molecule has 0 radical (unpaired) electrons. The molecule has 2 saturated heterocycles. The molecule has 1 N–H and O–H groups in total. The highest BCUT2D eigenvalue weighted by Crippen LogP contribution is 2.33. The first kappa shape index (κ1) is 27.4. The van der Waals surface area contributed by atoms with Gasteiger partial charge in [0.2, 0.25) is 0 Å². The number of fused-ring (bicyclic) bond motifs is 1. The van der Waals surface area contributed by atoms with Crippen molar-refractivity contribution < 1.29 is 24.1 Å². The number of methoxy groups -OCH3 is 1. The zero-order valence-corrected chi connectivity index (χ0v) is 23.6. The van der Waals surface area contributed by atoms with Gasteiger partial charge in [-0.1, -0.05) is 23.5 Å². The molecule has 6 rings (SSSR count). The van der Waals surface area contributed by atoms with Crippen molar-refractivity contribution in [3.8, 4) is 16.9 Å². The first-order valence-corrected chi connectivity index (χ1v) is 14.5. The van der Waals surface area contributed by atoms with Crippen molar-refractivity contribution in [2.24, 2.45) is 0 Å². The average molecular weight is 577 g/mol. The van der Waals surface area contributed by atoms with E-state index in [4.69, 9.17) is 19.2 Å². The van der Waals surface area contributed by atoms with Crippen LogP contribution in [0.4, 0.5) is 10.8 Å². The highest BCUT2D eigenvalue weighted by molar-refractivity contribution is 7.22. The summed E-state index contributed by atoms with van der Waals surface area (Å²) in [6, 6.07) is 15.3. The number of morpholine rings is 1. The quantitative estimate of drug-likeness (QED) is 0.297. The molecule has 2 fully saturated rings. The number of ether oxygens (including phenoxy) is 3. The molecular formula is C30H32N4O6S. The fraction of sp³-hybridized carbons (Fsp3) is 0.367. The lowest BCUT2D eigenvalue weighted by atomic mass is 10.1. The minimum atomic E-state index is -1.25. The summed E-state index contributed by atoms with van der Waals surface area (Å²) < 4.78 is 19.2. The van der Waals surface area contributed by atoms with Crippen LogP contribution in [0.3, 0.4) is 0 Å². The number of hydrogen-bond donors (Lipinski definition) is 1. The number of pyridine rings is 1. The van der Waals surface area contributed by atoms with Gasteiger partial charge >= 0.3 is 5.97 Å². The molecule has 10 nitrogen and oxygen atoms in total. The van der Waals surface area contributed by atoms with Crippen LogP contribution in [0, 0.1) is 0 Å². The van der Waals surface area contributed by atoms with Crippen LogP contribution in [0.5, 0.6) is 0 Å². The molecule has 4 aromatic rings.